The molecule has 8 aromatic carbocycles. The molecule has 2 aromatic heterocycles. The van der Waals surface area contributed by atoms with Crippen LogP contribution in [0.1, 0.15) is 0 Å². The van der Waals surface area contributed by atoms with Crippen LogP contribution >= 0.6 is 11.8 Å². The van der Waals surface area contributed by atoms with Gasteiger partial charge in [-0.25, -0.2) is 9.97 Å². The molecule has 0 N–H and O–H groups in total. The summed E-state index contributed by atoms with van der Waals surface area (Å²) >= 11 is 1.87. The van der Waals surface area contributed by atoms with Crippen molar-refractivity contribution < 1.29 is 0 Å². The van der Waals surface area contributed by atoms with E-state index in [2.05, 4.69) is 180 Å². The molecule has 0 aliphatic carbocycles. The number of fused-ring (bicyclic) bond motifs is 5. The van der Waals surface area contributed by atoms with Crippen LogP contribution in [0.3, 0.4) is 0 Å². The van der Waals surface area contributed by atoms with Gasteiger partial charge in [0.15, 0.2) is 5.82 Å². The molecular weight excluding hydrogens is 675 g/mol. The smallest absolute Gasteiger partial charge is 0.160 e. The fraction of sp³-hybridized carbons (Fsp3) is 0. The van der Waals surface area contributed by atoms with Gasteiger partial charge in [0, 0.05) is 48.3 Å². The summed E-state index contributed by atoms with van der Waals surface area (Å²) in [5.74, 6) is 0.698. The standard InChI is InChI=1S/C50H31N3S/c1-3-12-32(13-4-1)43-31-44(33-14-5-2-6-15-33)52-50(51-43)37-18-9-19-38(28-37)53-45-22-8-7-20-39(45)41-29-35(24-26-46(41)53)36-25-27-47-42(30-36)40-21-10-16-34-17-11-23-48(54-47)49(34)40/h1-31H. The highest BCUT2D eigenvalue weighted by Gasteiger charge is 2.20. The van der Waals surface area contributed by atoms with Gasteiger partial charge in [0.25, 0.3) is 0 Å². The molecule has 54 heavy (non-hydrogen) atoms. The van der Waals surface area contributed by atoms with E-state index in [1.54, 1.807) is 0 Å². The molecule has 0 unspecified atom stereocenters. The molecule has 252 valence electrons. The van der Waals surface area contributed by atoms with Crippen molar-refractivity contribution in [3.05, 3.63) is 188 Å². The van der Waals surface area contributed by atoms with Gasteiger partial charge >= 0.3 is 0 Å². The Morgan fingerprint density at radius 1 is 0.389 bits per heavy atom. The van der Waals surface area contributed by atoms with Gasteiger partial charge in [0.1, 0.15) is 0 Å². The van der Waals surface area contributed by atoms with Crippen LogP contribution in [0.4, 0.5) is 0 Å². The zero-order chi connectivity index (χ0) is 35.6. The average molecular weight is 706 g/mol. The number of nitrogens with zero attached hydrogens (tertiary/aromatic N) is 3. The van der Waals surface area contributed by atoms with Gasteiger partial charge in [0.2, 0.25) is 0 Å². The number of para-hydroxylation sites is 1. The van der Waals surface area contributed by atoms with E-state index < -0.39 is 0 Å². The Balaban J connectivity index is 1.04. The van der Waals surface area contributed by atoms with Crippen molar-refractivity contribution in [1.29, 1.82) is 0 Å². The van der Waals surface area contributed by atoms with E-state index in [4.69, 9.17) is 9.97 Å². The van der Waals surface area contributed by atoms with Crippen molar-refractivity contribution in [2.24, 2.45) is 0 Å². The molecule has 0 radical (unpaired) electrons. The molecule has 0 amide bonds. The largest absolute Gasteiger partial charge is 0.309 e. The van der Waals surface area contributed by atoms with Crippen LogP contribution in [0.25, 0.3) is 94.4 Å². The van der Waals surface area contributed by atoms with Crippen molar-refractivity contribution in [1.82, 2.24) is 14.5 Å². The van der Waals surface area contributed by atoms with Gasteiger partial charge in [-0.2, -0.15) is 0 Å². The van der Waals surface area contributed by atoms with Crippen LogP contribution in [0, 0.1) is 0 Å². The Bertz CT molecular complexity index is 3010. The van der Waals surface area contributed by atoms with Crippen molar-refractivity contribution >= 4 is 44.3 Å². The Labute approximate surface area is 317 Å². The van der Waals surface area contributed by atoms with E-state index in [1.165, 1.54) is 53.6 Å². The summed E-state index contributed by atoms with van der Waals surface area (Å²) in [5, 5.41) is 5.09. The van der Waals surface area contributed by atoms with Crippen LogP contribution in [-0.2, 0) is 0 Å². The molecule has 10 aromatic rings. The topological polar surface area (TPSA) is 30.7 Å². The third-order valence-corrected chi connectivity index (χ3v) is 11.7. The Kier molecular flexibility index (Phi) is 7.10. The van der Waals surface area contributed by atoms with Gasteiger partial charge in [0.05, 0.1) is 22.4 Å². The normalized spacial score (nSPS) is 12.0. The van der Waals surface area contributed by atoms with E-state index in [-0.39, 0.29) is 0 Å². The van der Waals surface area contributed by atoms with E-state index >= 15 is 0 Å². The van der Waals surface area contributed by atoms with E-state index in [0.29, 0.717) is 5.82 Å². The SMILES string of the molecule is c1ccc(-c2cc(-c3ccccc3)nc(-c3cccc(-n4c5ccccc5c5cc(-c6ccc7c(c6)-c6cccc8cccc(c68)S7)ccc54)c3)n2)cc1. The first kappa shape index (κ1) is 30.8. The lowest BCUT2D eigenvalue weighted by Crippen LogP contribution is -1.98. The molecule has 1 aliphatic heterocycles. The number of hydrogen-bond acceptors (Lipinski definition) is 3. The van der Waals surface area contributed by atoms with Gasteiger partial charge in [-0.05, 0) is 82.2 Å². The summed E-state index contributed by atoms with van der Waals surface area (Å²) in [6.07, 6.45) is 0. The minimum Gasteiger partial charge on any atom is -0.309 e. The predicted molar refractivity (Wildman–Crippen MR) is 225 cm³/mol. The first-order chi connectivity index (χ1) is 26.7. The molecular formula is C50H31N3S. The molecule has 0 atom stereocenters. The lowest BCUT2D eigenvalue weighted by Gasteiger charge is -2.21. The number of benzene rings is 8. The van der Waals surface area contributed by atoms with Crippen LogP contribution in [0.2, 0.25) is 0 Å². The maximum atomic E-state index is 5.13. The quantitative estimate of drug-likeness (QED) is 0.179. The molecule has 3 heterocycles. The summed E-state index contributed by atoms with van der Waals surface area (Å²) in [5.41, 5.74) is 13.3. The maximum Gasteiger partial charge on any atom is 0.160 e. The second-order valence-corrected chi connectivity index (χ2v) is 14.9. The van der Waals surface area contributed by atoms with E-state index in [0.717, 1.165) is 44.8 Å². The second kappa shape index (κ2) is 12.4. The average Bonchev–Trinajstić information content (AvgIpc) is 3.58. The van der Waals surface area contributed by atoms with Crippen LogP contribution < -0.4 is 0 Å². The highest BCUT2D eigenvalue weighted by molar-refractivity contribution is 7.99. The van der Waals surface area contributed by atoms with Gasteiger partial charge in [-0.15, -0.1) is 0 Å². The van der Waals surface area contributed by atoms with Crippen molar-refractivity contribution in [3.8, 4) is 61.8 Å². The molecule has 3 nitrogen and oxygen atoms in total. The highest BCUT2D eigenvalue weighted by atomic mass is 32.2. The third-order valence-electron chi connectivity index (χ3n) is 10.6. The van der Waals surface area contributed by atoms with Crippen LogP contribution in [-0.4, -0.2) is 14.5 Å². The zero-order valence-electron chi connectivity index (χ0n) is 29.1. The molecule has 0 spiro atoms. The maximum absolute atomic E-state index is 5.13. The van der Waals surface area contributed by atoms with Gasteiger partial charge in [-0.3, -0.25) is 0 Å². The van der Waals surface area contributed by atoms with Crippen molar-refractivity contribution in [2.75, 3.05) is 0 Å². The molecule has 4 heteroatoms. The highest BCUT2D eigenvalue weighted by Crippen LogP contribution is 2.49. The van der Waals surface area contributed by atoms with Crippen LogP contribution in [0.5, 0.6) is 0 Å². The lowest BCUT2D eigenvalue weighted by molar-refractivity contribution is 1.16. The fourth-order valence-electron chi connectivity index (χ4n) is 8.05. The summed E-state index contributed by atoms with van der Waals surface area (Å²) in [4.78, 5) is 12.9. The molecule has 0 saturated carbocycles. The van der Waals surface area contributed by atoms with Gasteiger partial charge < -0.3 is 4.57 Å². The summed E-state index contributed by atoms with van der Waals surface area (Å²) in [6, 6.07) is 67.3. The molecule has 1 aliphatic rings. The number of hydrogen-bond donors (Lipinski definition) is 0. The molecule has 11 rings (SSSR count). The molecule has 0 bridgehead atoms. The second-order valence-electron chi connectivity index (χ2n) is 13.8. The first-order valence-corrected chi connectivity index (χ1v) is 19.1. The first-order valence-electron chi connectivity index (χ1n) is 18.2. The minimum atomic E-state index is 0.698. The van der Waals surface area contributed by atoms with Crippen molar-refractivity contribution in [3.63, 3.8) is 0 Å². The predicted octanol–water partition coefficient (Wildman–Crippen LogP) is 13.5. The Morgan fingerprint density at radius 2 is 1.04 bits per heavy atom. The van der Waals surface area contributed by atoms with Crippen LogP contribution in [0.15, 0.2) is 198 Å². The number of aromatic nitrogens is 3. The fourth-order valence-corrected chi connectivity index (χ4v) is 9.18. The Morgan fingerprint density at radius 3 is 1.83 bits per heavy atom. The summed E-state index contributed by atoms with van der Waals surface area (Å²) < 4.78 is 2.37. The molecule has 0 fully saturated rings. The monoisotopic (exact) mass is 705 g/mol. The van der Waals surface area contributed by atoms with Crippen molar-refractivity contribution in [2.45, 2.75) is 9.79 Å². The lowest BCUT2D eigenvalue weighted by atomic mass is 9.94. The third kappa shape index (κ3) is 5.07. The number of rotatable bonds is 5. The summed E-state index contributed by atoms with van der Waals surface area (Å²) in [7, 11) is 0. The minimum absolute atomic E-state index is 0.698. The van der Waals surface area contributed by atoms with Gasteiger partial charge in [-0.1, -0.05) is 145 Å². The zero-order valence-corrected chi connectivity index (χ0v) is 30.0. The summed E-state index contributed by atoms with van der Waals surface area (Å²) in [6.45, 7) is 0. The molecule has 0 saturated heterocycles. The van der Waals surface area contributed by atoms with E-state index in [9.17, 15) is 0 Å². The Hall–Kier alpha value is -6.75. The van der Waals surface area contributed by atoms with E-state index in [1.807, 2.05) is 23.9 Å².